The summed E-state index contributed by atoms with van der Waals surface area (Å²) in [5, 5.41) is 3.57. The lowest BCUT2D eigenvalue weighted by Crippen LogP contribution is -2.56. The van der Waals surface area contributed by atoms with Gasteiger partial charge in [-0.1, -0.05) is 29.8 Å². The van der Waals surface area contributed by atoms with Crippen LogP contribution in [0.15, 0.2) is 43.2 Å². The molecule has 2 bridgehead atoms. The molecule has 10 heteroatoms. The molecule has 1 amide bonds. The molecule has 0 aliphatic carbocycles. The Kier molecular flexibility index (Phi) is 6.90. The number of nitrogens with zero attached hydrogens (tertiary/aromatic N) is 3. The summed E-state index contributed by atoms with van der Waals surface area (Å²) in [7, 11) is 1.57. The summed E-state index contributed by atoms with van der Waals surface area (Å²) in [6.45, 7) is 3.66. The number of amides is 1. The molecule has 3 heterocycles. The van der Waals surface area contributed by atoms with Gasteiger partial charge < -0.3 is 19.7 Å². The molecule has 36 heavy (non-hydrogen) atoms. The van der Waals surface area contributed by atoms with Crippen molar-refractivity contribution in [3.05, 3.63) is 59.1 Å². The van der Waals surface area contributed by atoms with Gasteiger partial charge in [0.05, 0.1) is 28.4 Å². The van der Waals surface area contributed by atoms with Crippen molar-refractivity contribution >= 4 is 51.5 Å². The summed E-state index contributed by atoms with van der Waals surface area (Å²) in [5.74, 6) is 0.752. The Morgan fingerprint density at radius 1 is 1.19 bits per heavy atom. The minimum Gasteiger partial charge on any atom is -0.493 e. The van der Waals surface area contributed by atoms with E-state index >= 15 is 0 Å². The number of ether oxygens (including phenoxy) is 2. The Labute approximate surface area is 218 Å². The highest BCUT2D eigenvalue weighted by atomic mass is 35.5. The lowest BCUT2D eigenvalue weighted by atomic mass is 9.82. The largest absolute Gasteiger partial charge is 0.493 e. The van der Waals surface area contributed by atoms with Crippen LogP contribution in [0.4, 0.5) is 15.9 Å². The number of hydrogen-bond acceptors (Lipinski definition) is 6. The number of nitrogens with one attached hydrogen (secondary N) is 1. The van der Waals surface area contributed by atoms with Crippen LogP contribution in [-0.2, 0) is 4.79 Å². The molecule has 0 spiro atoms. The number of aromatic nitrogens is 2. The molecule has 188 valence electrons. The zero-order chi connectivity index (χ0) is 25.4. The molecule has 2 saturated heterocycles. The highest BCUT2D eigenvalue weighted by Crippen LogP contribution is 2.40. The number of anilines is 2. The summed E-state index contributed by atoms with van der Waals surface area (Å²) < 4.78 is 26.7. The second-order valence-corrected chi connectivity index (χ2v) is 9.78. The van der Waals surface area contributed by atoms with Gasteiger partial charge >= 0.3 is 0 Å². The van der Waals surface area contributed by atoms with Crippen LogP contribution in [-0.4, -0.2) is 46.1 Å². The van der Waals surface area contributed by atoms with Gasteiger partial charge in [0.15, 0.2) is 17.3 Å². The van der Waals surface area contributed by atoms with E-state index in [1.165, 1.54) is 24.5 Å². The van der Waals surface area contributed by atoms with Crippen molar-refractivity contribution in [1.82, 2.24) is 14.9 Å². The number of fused-ring (bicyclic) bond motifs is 3. The van der Waals surface area contributed by atoms with Crippen LogP contribution in [0.25, 0.3) is 10.9 Å². The molecule has 2 atom stereocenters. The summed E-state index contributed by atoms with van der Waals surface area (Å²) in [4.78, 5) is 23.0. The van der Waals surface area contributed by atoms with Gasteiger partial charge in [-0.3, -0.25) is 4.79 Å². The molecule has 1 N–H and O–H groups in total. The molecular weight excluding hydrogens is 506 g/mol. The summed E-state index contributed by atoms with van der Waals surface area (Å²) >= 11 is 11.9. The van der Waals surface area contributed by atoms with E-state index in [2.05, 4.69) is 21.9 Å². The Morgan fingerprint density at radius 3 is 2.64 bits per heavy atom. The van der Waals surface area contributed by atoms with Crippen LogP contribution in [0.3, 0.4) is 0 Å². The van der Waals surface area contributed by atoms with Crippen LogP contribution >= 0.6 is 23.2 Å². The Hall–Kier alpha value is -3.10. The van der Waals surface area contributed by atoms with Crippen molar-refractivity contribution in [2.24, 2.45) is 0 Å². The monoisotopic (exact) mass is 530 g/mol. The third-order valence-corrected chi connectivity index (χ3v) is 7.64. The fourth-order valence-electron chi connectivity index (χ4n) is 5.24. The first-order valence-electron chi connectivity index (χ1n) is 11.7. The maximum absolute atomic E-state index is 14.7. The van der Waals surface area contributed by atoms with Gasteiger partial charge in [-0.05, 0) is 43.5 Å². The molecule has 2 aliphatic heterocycles. The van der Waals surface area contributed by atoms with E-state index in [1.807, 2.05) is 4.90 Å². The van der Waals surface area contributed by atoms with Gasteiger partial charge in [0.25, 0.3) is 0 Å². The first-order valence-corrected chi connectivity index (χ1v) is 12.5. The summed E-state index contributed by atoms with van der Waals surface area (Å²) in [6, 6.07) is 6.81. The van der Waals surface area contributed by atoms with E-state index in [-0.39, 0.29) is 39.8 Å². The van der Waals surface area contributed by atoms with Crippen molar-refractivity contribution in [3.63, 3.8) is 0 Å². The molecule has 2 fully saturated rings. The second kappa shape index (κ2) is 10.1. The third kappa shape index (κ3) is 4.55. The molecular formula is C26H25Cl2FN4O3. The highest BCUT2D eigenvalue weighted by molar-refractivity contribution is 6.42. The number of carbonyl (C=O) groups is 1. The molecule has 3 aromatic rings. The van der Waals surface area contributed by atoms with Crippen LogP contribution in [0.5, 0.6) is 11.5 Å². The van der Waals surface area contributed by atoms with Gasteiger partial charge in [-0.25, -0.2) is 14.4 Å². The molecule has 1 aromatic heterocycles. The summed E-state index contributed by atoms with van der Waals surface area (Å²) in [6.07, 6.45) is 7.13. The molecule has 2 aliphatic rings. The SMILES string of the molecule is C=CC(=O)N1C2CCCC1CC(Oc1cc3c(Nc4ccc(Cl)c(Cl)c4F)ncnc3cc1OC)C2. The van der Waals surface area contributed by atoms with Crippen LogP contribution in [0, 0.1) is 5.82 Å². The number of piperidine rings is 2. The van der Waals surface area contributed by atoms with Crippen molar-refractivity contribution in [2.45, 2.75) is 50.3 Å². The average molecular weight is 531 g/mol. The van der Waals surface area contributed by atoms with Crippen molar-refractivity contribution in [3.8, 4) is 11.5 Å². The van der Waals surface area contributed by atoms with E-state index in [0.29, 0.717) is 28.2 Å². The fourth-order valence-corrected chi connectivity index (χ4v) is 5.55. The molecule has 7 nitrogen and oxygen atoms in total. The average Bonchev–Trinajstić information content (AvgIpc) is 2.88. The fraction of sp³-hybridized carbons (Fsp3) is 0.346. The molecule has 2 aromatic carbocycles. The number of benzene rings is 2. The molecule has 0 saturated carbocycles. The predicted octanol–water partition coefficient (Wildman–Crippen LogP) is 6.30. The van der Waals surface area contributed by atoms with Crippen LogP contribution < -0.4 is 14.8 Å². The van der Waals surface area contributed by atoms with Gasteiger partial charge in [-0.15, -0.1) is 0 Å². The zero-order valence-corrected chi connectivity index (χ0v) is 21.2. The Bertz CT molecular complexity index is 1320. The van der Waals surface area contributed by atoms with E-state index in [4.69, 9.17) is 32.7 Å². The molecule has 5 rings (SSSR count). The minimum atomic E-state index is -0.673. The van der Waals surface area contributed by atoms with E-state index < -0.39 is 5.82 Å². The smallest absolute Gasteiger partial charge is 0.246 e. The Morgan fingerprint density at radius 2 is 1.94 bits per heavy atom. The second-order valence-electron chi connectivity index (χ2n) is 8.99. The van der Waals surface area contributed by atoms with Crippen molar-refractivity contribution in [2.75, 3.05) is 12.4 Å². The minimum absolute atomic E-state index is 0.0196. The standard InChI is InChI=1S/C26H25Cl2FN4O3/c1-3-23(34)33-14-5-4-6-15(33)10-16(9-14)36-22-11-17-20(12-21(22)35-2)30-13-31-26(17)32-19-8-7-18(27)24(28)25(19)29/h3,7-8,11-16H,1,4-6,9-10H2,2H3,(H,30,31,32). The number of carbonyl (C=O) groups excluding carboxylic acids is 1. The zero-order valence-electron chi connectivity index (χ0n) is 19.6. The topological polar surface area (TPSA) is 76.6 Å². The Balaban J connectivity index is 1.45. The van der Waals surface area contributed by atoms with Crippen molar-refractivity contribution in [1.29, 1.82) is 0 Å². The summed E-state index contributed by atoms with van der Waals surface area (Å²) in [5.41, 5.74) is 0.732. The normalized spacial score (nSPS) is 21.2. The van der Waals surface area contributed by atoms with E-state index in [9.17, 15) is 9.18 Å². The lowest BCUT2D eigenvalue weighted by Gasteiger charge is -2.48. The first-order chi connectivity index (χ1) is 17.4. The number of halogens is 3. The molecule has 0 radical (unpaired) electrons. The van der Waals surface area contributed by atoms with Gasteiger partial charge in [-0.2, -0.15) is 0 Å². The van der Waals surface area contributed by atoms with Gasteiger partial charge in [0.1, 0.15) is 18.2 Å². The van der Waals surface area contributed by atoms with Gasteiger partial charge in [0, 0.05) is 36.4 Å². The van der Waals surface area contributed by atoms with Crippen molar-refractivity contribution < 1.29 is 18.7 Å². The van der Waals surface area contributed by atoms with Gasteiger partial charge in [0.2, 0.25) is 5.91 Å². The maximum Gasteiger partial charge on any atom is 0.246 e. The van der Waals surface area contributed by atoms with Crippen LogP contribution in [0.1, 0.15) is 32.1 Å². The number of hydrogen-bond donors (Lipinski definition) is 1. The first kappa shape index (κ1) is 24.6. The number of methoxy groups -OCH3 is 1. The number of rotatable bonds is 6. The predicted molar refractivity (Wildman–Crippen MR) is 138 cm³/mol. The van der Waals surface area contributed by atoms with Crippen LogP contribution in [0.2, 0.25) is 10.0 Å². The lowest BCUT2D eigenvalue weighted by molar-refractivity contribution is -0.137. The van der Waals surface area contributed by atoms with E-state index in [0.717, 1.165) is 32.1 Å². The van der Waals surface area contributed by atoms with E-state index in [1.54, 1.807) is 19.2 Å². The third-order valence-electron chi connectivity index (χ3n) is 6.86. The maximum atomic E-state index is 14.7. The molecule has 2 unspecified atom stereocenters. The highest BCUT2D eigenvalue weighted by Gasteiger charge is 2.41. The quantitative estimate of drug-likeness (QED) is 0.297.